The number of nitrogens with zero attached hydrogens (tertiary/aromatic N) is 2. The van der Waals surface area contributed by atoms with E-state index in [1.54, 1.807) is 4.90 Å². The largest absolute Gasteiger partial charge is 0.478 e. The highest BCUT2D eigenvalue weighted by Crippen LogP contribution is 2.31. The number of carbonyl (C=O) groups is 2. The van der Waals surface area contributed by atoms with E-state index >= 15 is 0 Å². The van der Waals surface area contributed by atoms with Gasteiger partial charge in [-0.2, -0.15) is 0 Å². The average molecular weight is 380 g/mol. The van der Waals surface area contributed by atoms with E-state index in [4.69, 9.17) is 5.11 Å². The van der Waals surface area contributed by atoms with Gasteiger partial charge in [-0.05, 0) is 35.7 Å². The smallest absolute Gasteiger partial charge is 0.329 e. The molecule has 1 amide bonds. The molecule has 1 fully saturated rings. The molecule has 1 aliphatic rings. The number of aliphatic carboxylic acids is 1. The summed E-state index contributed by atoms with van der Waals surface area (Å²) >= 11 is 1.13. The standard InChI is InChI=1S/C21H20N2O3S/c24-19(25)15-18-20(26)23(14-12-17-9-5-2-6-10-17)21(27-18)22-13-11-16-7-3-1-4-8-16/h1-10,15H,11-14H2,(H,24,25)/b18-15-,22-21?. The fourth-order valence-electron chi connectivity index (χ4n) is 2.75. The lowest BCUT2D eigenvalue weighted by Gasteiger charge is -2.15. The van der Waals surface area contributed by atoms with Crippen LogP contribution in [0.2, 0.25) is 0 Å². The Kier molecular flexibility index (Phi) is 6.44. The fourth-order valence-corrected chi connectivity index (χ4v) is 3.74. The second-order valence-corrected chi connectivity index (χ2v) is 7.05. The number of benzene rings is 2. The molecule has 0 spiro atoms. The minimum atomic E-state index is -1.13. The molecule has 27 heavy (non-hydrogen) atoms. The molecule has 0 unspecified atom stereocenters. The van der Waals surface area contributed by atoms with Crippen LogP contribution in [0.1, 0.15) is 11.1 Å². The lowest BCUT2D eigenvalue weighted by Crippen LogP contribution is -2.31. The lowest BCUT2D eigenvalue weighted by atomic mass is 10.1. The van der Waals surface area contributed by atoms with Crippen molar-refractivity contribution >= 4 is 28.8 Å². The summed E-state index contributed by atoms with van der Waals surface area (Å²) in [6.07, 6.45) is 2.41. The molecule has 0 aromatic heterocycles. The van der Waals surface area contributed by atoms with Crippen molar-refractivity contribution in [2.24, 2.45) is 4.99 Å². The minimum Gasteiger partial charge on any atom is -0.478 e. The third-order valence-electron chi connectivity index (χ3n) is 4.10. The number of carbonyl (C=O) groups excluding carboxylic acids is 1. The molecule has 3 rings (SSSR count). The van der Waals surface area contributed by atoms with Crippen LogP contribution in [0.4, 0.5) is 0 Å². The number of rotatable bonds is 7. The van der Waals surface area contributed by atoms with E-state index < -0.39 is 5.97 Å². The Morgan fingerprint density at radius 2 is 1.59 bits per heavy atom. The van der Waals surface area contributed by atoms with E-state index in [1.807, 2.05) is 60.7 Å². The molecule has 138 valence electrons. The molecule has 1 heterocycles. The maximum atomic E-state index is 12.6. The Hall–Kier alpha value is -2.86. The van der Waals surface area contributed by atoms with Gasteiger partial charge in [-0.25, -0.2) is 4.79 Å². The molecule has 2 aromatic carbocycles. The van der Waals surface area contributed by atoms with Gasteiger partial charge in [0.2, 0.25) is 0 Å². The number of aliphatic imine (C=N–C) groups is 1. The van der Waals surface area contributed by atoms with Gasteiger partial charge in [0.15, 0.2) is 5.17 Å². The van der Waals surface area contributed by atoms with Crippen molar-refractivity contribution in [3.63, 3.8) is 0 Å². The van der Waals surface area contributed by atoms with E-state index in [0.717, 1.165) is 29.8 Å². The van der Waals surface area contributed by atoms with Crippen molar-refractivity contribution in [3.8, 4) is 0 Å². The molecule has 0 aliphatic carbocycles. The van der Waals surface area contributed by atoms with E-state index in [0.29, 0.717) is 24.7 Å². The summed E-state index contributed by atoms with van der Waals surface area (Å²) in [5, 5.41) is 9.57. The number of hydrogen-bond acceptors (Lipinski definition) is 4. The molecular weight excluding hydrogens is 360 g/mol. The summed E-state index contributed by atoms with van der Waals surface area (Å²) < 4.78 is 0. The van der Waals surface area contributed by atoms with Crippen molar-refractivity contribution in [1.29, 1.82) is 0 Å². The molecule has 0 radical (unpaired) electrons. The molecule has 6 heteroatoms. The first kappa shape index (κ1) is 18.9. The first-order chi connectivity index (χ1) is 13.1. The maximum Gasteiger partial charge on any atom is 0.329 e. The Bertz CT molecular complexity index is 864. The zero-order chi connectivity index (χ0) is 19.1. The molecule has 1 saturated heterocycles. The second kappa shape index (κ2) is 9.19. The summed E-state index contributed by atoms with van der Waals surface area (Å²) in [6.45, 7) is 1.01. The Labute approximate surface area is 162 Å². The van der Waals surface area contributed by atoms with Crippen LogP contribution >= 0.6 is 11.8 Å². The van der Waals surface area contributed by atoms with E-state index in [9.17, 15) is 9.59 Å². The molecule has 1 aliphatic heterocycles. The molecule has 2 aromatic rings. The van der Waals surface area contributed by atoms with Gasteiger partial charge in [-0.1, -0.05) is 60.7 Å². The SMILES string of the molecule is O=C(O)/C=C1\SC(=NCCc2ccccc2)N(CCc2ccccc2)C1=O. The van der Waals surface area contributed by atoms with Crippen LogP contribution in [-0.4, -0.2) is 40.1 Å². The van der Waals surface area contributed by atoms with Crippen LogP contribution in [0.5, 0.6) is 0 Å². The van der Waals surface area contributed by atoms with Crippen molar-refractivity contribution < 1.29 is 14.7 Å². The molecule has 1 N–H and O–H groups in total. The third kappa shape index (κ3) is 5.31. The van der Waals surface area contributed by atoms with Gasteiger partial charge in [0, 0.05) is 19.2 Å². The van der Waals surface area contributed by atoms with Crippen LogP contribution in [0.3, 0.4) is 0 Å². The zero-order valence-corrected chi connectivity index (χ0v) is 15.6. The first-order valence-electron chi connectivity index (χ1n) is 8.70. The molecule has 0 atom stereocenters. The van der Waals surface area contributed by atoms with Crippen LogP contribution < -0.4 is 0 Å². The summed E-state index contributed by atoms with van der Waals surface area (Å²) in [5.74, 6) is -1.42. The summed E-state index contributed by atoms with van der Waals surface area (Å²) in [5.41, 5.74) is 2.29. The topological polar surface area (TPSA) is 70.0 Å². The normalized spacial score (nSPS) is 17.0. The third-order valence-corrected chi connectivity index (χ3v) is 5.14. The fraction of sp³-hybridized carbons (Fsp3) is 0.190. The Balaban J connectivity index is 1.72. The highest BCUT2D eigenvalue weighted by molar-refractivity contribution is 8.18. The van der Waals surface area contributed by atoms with Crippen LogP contribution in [0.25, 0.3) is 0 Å². The van der Waals surface area contributed by atoms with Crippen molar-refractivity contribution in [2.45, 2.75) is 12.8 Å². The Morgan fingerprint density at radius 3 is 2.19 bits per heavy atom. The highest BCUT2D eigenvalue weighted by atomic mass is 32.2. The highest BCUT2D eigenvalue weighted by Gasteiger charge is 2.33. The quantitative estimate of drug-likeness (QED) is 0.748. The molecular formula is C21H20N2O3S. The van der Waals surface area contributed by atoms with Crippen LogP contribution in [0, 0.1) is 0 Å². The number of amides is 1. The van der Waals surface area contributed by atoms with Crippen LogP contribution in [-0.2, 0) is 22.4 Å². The number of thioether (sulfide) groups is 1. The van der Waals surface area contributed by atoms with Gasteiger partial charge in [-0.3, -0.25) is 14.7 Å². The molecule has 0 bridgehead atoms. The predicted molar refractivity (Wildman–Crippen MR) is 108 cm³/mol. The monoisotopic (exact) mass is 380 g/mol. The summed E-state index contributed by atoms with van der Waals surface area (Å²) in [4.78, 5) is 29.9. The van der Waals surface area contributed by atoms with Gasteiger partial charge in [0.25, 0.3) is 5.91 Å². The predicted octanol–water partition coefficient (Wildman–Crippen LogP) is 3.37. The zero-order valence-electron chi connectivity index (χ0n) is 14.7. The summed E-state index contributed by atoms with van der Waals surface area (Å²) in [6, 6.07) is 19.9. The van der Waals surface area contributed by atoms with E-state index in [1.165, 1.54) is 5.56 Å². The number of amidine groups is 1. The first-order valence-corrected chi connectivity index (χ1v) is 9.52. The summed E-state index contributed by atoms with van der Waals surface area (Å²) in [7, 11) is 0. The van der Waals surface area contributed by atoms with Crippen LogP contribution in [0.15, 0.2) is 76.6 Å². The number of hydrogen-bond donors (Lipinski definition) is 1. The number of carboxylic acids is 1. The van der Waals surface area contributed by atoms with Crippen molar-refractivity contribution in [3.05, 3.63) is 82.8 Å². The van der Waals surface area contributed by atoms with Crippen molar-refractivity contribution in [1.82, 2.24) is 4.90 Å². The lowest BCUT2D eigenvalue weighted by molar-refractivity contribution is -0.132. The minimum absolute atomic E-state index is 0.203. The average Bonchev–Trinajstić information content (AvgIpc) is 2.96. The van der Waals surface area contributed by atoms with Gasteiger partial charge in [0.05, 0.1) is 4.91 Å². The molecule has 0 saturated carbocycles. The van der Waals surface area contributed by atoms with Gasteiger partial charge in [0.1, 0.15) is 0 Å². The van der Waals surface area contributed by atoms with Gasteiger partial charge in [-0.15, -0.1) is 0 Å². The maximum absolute atomic E-state index is 12.6. The molecule has 5 nitrogen and oxygen atoms in total. The number of carboxylic acid groups (broad SMARTS) is 1. The Morgan fingerprint density at radius 1 is 1.00 bits per heavy atom. The van der Waals surface area contributed by atoms with Gasteiger partial charge < -0.3 is 5.11 Å². The van der Waals surface area contributed by atoms with Gasteiger partial charge >= 0.3 is 5.97 Å². The van der Waals surface area contributed by atoms with E-state index in [-0.39, 0.29) is 10.8 Å². The second-order valence-electron chi connectivity index (χ2n) is 6.04. The van der Waals surface area contributed by atoms with Crippen molar-refractivity contribution in [2.75, 3.05) is 13.1 Å². The van der Waals surface area contributed by atoms with E-state index in [2.05, 4.69) is 4.99 Å².